The second-order valence-electron chi connectivity index (χ2n) is 6.13. The predicted molar refractivity (Wildman–Crippen MR) is 91.1 cm³/mol. The van der Waals surface area contributed by atoms with E-state index in [1.165, 1.54) is 29.7 Å². The van der Waals surface area contributed by atoms with E-state index in [1.807, 2.05) is 0 Å². The molecule has 0 saturated carbocycles. The van der Waals surface area contributed by atoms with Crippen LogP contribution in [0.25, 0.3) is 0 Å². The van der Waals surface area contributed by atoms with Gasteiger partial charge in [-0.25, -0.2) is 18.3 Å². The topological polar surface area (TPSA) is 133 Å². The number of hydrogen-bond acceptors (Lipinski definition) is 6. The number of halogens is 1. The Morgan fingerprint density at radius 1 is 1.30 bits per heavy atom. The molecule has 1 aliphatic rings. The number of aliphatic carboxylic acids is 1. The van der Waals surface area contributed by atoms with E-state index in [4.69, 9.17) is 15.1 Å². The van der Waals surface area contributed by atoms with Crippen molar-refractivity contribution in [3.8, 4) is 5.75 Å². The summed E-state index contributed by atoms with van der Waals surface area (Å²) in [6.45, 7) is -0.0660. The van der Waals surface area contributed by atoms with E-state index in [0.717, 1.165) is 4.31 Å². The van der Waals surface area contributed by atoms with Crippen LogP contribution in [0, 0.1) is 11.7 Å². The van der Waals surface area contributed by atoms with E-state index in [2.05, 4.69) is 0 Å². The lowest BCUT2D eigenvalue weighted by Crippen LogP contribution is -2.54. The zero-order chi connectivity index (χ0) is 20.0. The number of carboxylic acids is 1. The van der Waals surface area contributed by atoms with Crippen molar-refractivity contribution in [3.05, 3.63) is 30.1 Å². The fourth-order valence-corrected chi connectivity index (χ4v) is 4.56. The van der Waals surface area contributed by atoms with Gasteiger partial charge < -0.3 is 9.84 Å². The van der Waals surface area contributed by atoms with Gasteiger partial charge in [-0.2, -0.15) is 4.31 Å². The van der Waals surface area contributed by atoms with Crippen molar-refractivity contribution in [2.75, 3.05) is 18.9 Å². The fourth-order valence-electron chi connectivity index (χ4n) is 2.89. The molecule has 1 heterocycles. The molecule has 9 nitrogen and oxygen atoms in total. The third kappa shape index (κ3) is 5.62. The van der Waals surface area contributed by atoms with Crippen molar-refractivity contribution >= 4 is 21.9 Å². The summed E-state index contributed by atoms with van der Waals surface area (Å²) >= 11 is 0. The Labute approximate surface area is 155 Å². The van der Waals surface area contributed by atoms with Crippen LogP contribution in [0.4, 0.5) is 4.39 Å². The number of sulfonamides is 1. The molecule has 11 heteroatoms. The maximum absolute atomic E-state index is 12.8. The van der Waals surface area contributed by atoms with Crippen molar-refractivity contribution in [2.45, 2.75) is 25.3 Å². The number of benzene rings is 1. The summed E-state index contributed by atoms with van der Waals surface area (Å²) in [7, 11) is -3.87. The largest absolute Gasteiger partial charge is 0.494 e. The minimum absolute atomic E-state index is 0.0628. The number of rotatable bonds is 8. The molecular weight excluding hydrogens is 383 g/mol. The first-order chi connectivity index (χ1) is 12.7. The van der Waals surface area contributed by atoms with Crippen LogP contribution < -0.4 is 10.2 Å². The number of hydroxylamine groups is 1. The third-order valence-electron chi connectivity index (χ3n) is 4.30. The number of ether oxygens (including phenoxy) is 1. The molecule has 1 aromatic carbocycles. The van der Waals surface area contributed by atoms with Crippen LogP contribution in [0.1, 0.15) is 19.3 Å². The Kier molecular flexibility index (Phi) is 7.11. The number of amides is 1. The molecule has 0 spiro atoms. The monoisotopic (exact) mass is 404 g/mol. The Bertz CT molecular complexity index is 769. The van der Waals surface area contributed by atoms with Crippen LogP contribution in [0.3, 0.4) is 0 Å². The van der Waals surface area contributed by atoms with Crippen molar-refractivity contribution in [1.82, 2.24) is 9.79 Å². The molecule has 0 aromatic heterocycles. The Balaban J connectivity index is 1.95. The summed E-state index contributed by atoms with van der Waals surface area (Å²) < 4.78 is 44.2. The average molecular weight is 404 g/mol. The minimum atomic E-state index is -3.87. The highest BCUT2D eigenvalue weighted by molar-refractivity contribution is 7.89. The van der Waals surface area contributed by atoms with Gasteiger partial charge in [0.1, 0.15) is 17.6 Å². The van der Waals surface area contributed by atoms with Gasteiger partial charge in [-0.15, -0.1) is 0 Å². The number of piperidine rings is 1. The molecule has 0 aliphatic carbocycles. The number of nitrogens with zero attached hydrogens (tertiary/aromatic N) is 1. The summed E-state index contributed by atoms with van der Waals surface area (Å²) in [4.78, 5) is 23.0. The van der Waals surface area contributed by atoms with Crippen LogP contribution in [0.2, 0.25) is 0 Å². The molecule has 1 fully saturated rings. The van der Waals surface area contributed by atoms with Gasteiger partial charge in [0.2, 0.25) is 10.0 Å². The van der Waals surface area contributed by atoms with Crippen LogP contribution in [0.5, 0.6) is 5.75 Å². The van der Waals surface area contributed by atoms with Crippen molar-refractivity contribution in [2.24, 2.45) is 5.92 Å². The molecular formula is C16H21FN2O7S. The van der Waals surface area contributed by atoms with Crippen molar-refractivity contribution in [1.29, 1.82) is 0 Å². The van der Waals surface area contributed by atoms with Gasteiger partial charge in [-0.3, -0.25) is 14.8 Å². The third-order valence-corrected chi connectivity index (χ3v) is 6.26. The predicted octanol–water partition coefficient (Wildman–Crippen LogP) is 0.595. The summed E-state index contributed by atoms with van der Waals surface area (Å²) in [5.74, 6) is -3.28. The van der Waals surface area contributed by atoms with E-state index >= 15 is 0 Å². The highest BCUT2D eigenvalue weighted by Gasteiger charge is 2.41. The quantitative estimate of drug-likeness (QED) is 0.328. The van der Waals surface area contributed by atoms with Crippen LogP contribution in [-0.4, -0.2) is 59.9 Å². The van der Waals surface area contributed by atoms with E-state index in [-0.39, 0.29) is 38.2 Å². The maximum atomic E-state index is 12.8. The molecule has 1 amide bonds. The smallest absolute Gasteiger partial charge is 0.306 e. The van der Waals surface area contributed by atoms with Gasteiger partial charge >= 0.3 is 5.97 Å². The van der Waals surface area contributed by atoms with Gasteiger partial charge in [0.25, 0.3) is 5.91 Å². The Morgan fingerprint density at radius 2 is 1.96 bits per heavy atom. The second-order valence-corrected chi connectivity index (χ2v) is 8.18. The lowest BCUT2D eigenvalue weighted by Gasteiger charge is -2.35. The van der Waals surface area contributed by atoms with Crippen LogP contribution >= 0.6 is 0 Å². The molecule has 2 rings (SSSR count). The standard InChI is InChI=1S/C16H21FN2O7S/c17-12-2-4-13(5-3-12)26-8-1-9-27(24,25)19-7-6-11(16(21)22)10-14(19)15(20)18-23/h2-5,11,14,23H,1,6-10H2,(H,18,20)(H,21,22)/t11-,14-/m1/s1. The van der Waals surface area contributed by atoms with Crippen LogP contribution in [0.15, 0.2) is 24.3 Å². The molecule has 1 aromatic rings. The normalized spacial score (nSPS) is 20.8. The average Bonchev–Trinajstić information content (AvgIpc) is 2.65. The highest BCUT2D eigenvalue weighted by Crippen LogP contribution is 2.26. The fraction of sp³-hybridized carbons (Fsp3) is 0.500. The highest BCUT2D eigenvalue weighted by atomic mass is 32.2. The lowest BCUT2D eigenvalue weighted by molar-refractivity contribution is -0.145. The zero-order valence-corrected chi connectivity index (χ0v) is 15.2. The first kappa shape index (κ1) is 21.1. The second kappa shape index (κ2) is 9.11. The molecule has 3 N–H and O–H groups in total. The summed E-state index contributed by atoms with van der Waals surface area (Å²) in [6, 6.07) is 3.99. The number of carbonyl (C=O) groups is 2. The first-order valence-electron chi connectivity index (χ1n) is 8.29. The molecule has 1 aliphatic heterocycles. The van der Waals surface area contributed by atoms with Crippen LogP contribution in [-0.2, 0) is 19.6 Å². The molecule has 0 unspecified atom stereocenters. The zero-order valence-electron chi connectivity index (χ0n) is 14.4. The summed E-state index contributed by atoms with van der Waals surface area (Å²) in [5.41, 5.74) is 1.40. The summed E-state index contributed by atoms with van der Waals surface area (Å²) in [5, 5.41) is 17.9. The van der Waals surface area contributed by atoms with Crippen molar-refractivity contribution < 1.29 is 37.4 Å². The minimum Gasteiger partial charge on any atom is -0.494 e. The summed E-state index contributed by atoms with van der Waals surface area (Å²) in [6.07, 6.45) is -0.0189. The Hall–Kier alpha value is -2.24. The number of carbonyl (C=O) groups excluding carboxylic acids is 1. The van der Waals surface area contributed by atoms with Gasteiger partial charge in [0, 0.05) is 6.54 Å². The first-order valence-corrected chi connectivity index (χ1v) is 9.90. The lowest BCUT2D eigenvalue weighted by atomic mass is 9.92. The van der Waals surface area contributed by atoms with Crippen molar-refractivity contribution in [3.63, 3.8) is 0 Å². The molecule has 150 valence electrons. The van der Waals surface area contributed by atoms with Gasteiger partial charge in [-0.1, -0.05) is 0 Å². The van der Waals surface area contributed by atoms with Gasteiger partial charge in [0.05, 0.1) is 18.3 Å². The Morgan fingerprint density at radius 3 is 2.56 bits per heavy atom. The van der Waals surface area contributed by atoms with E-state index in [1.54, 1.807) is 0 Å². The number of nitrogens with one attached hydrogen (secondary N) is 1. The van der Waals surface area contributed by atoms with Gasteiger partial charge in [-0.05, 0) is 43.5 Å². The van der Waals surface area contributed by atoms with Gasteiger partial charge in [0.15, 0.2) is 0 Å². The maximum Gasteiger partial charge on any atom is 0.306 e. The molecule has 27 heavy (non-hydrogen) atoms. The molecule has 0 radical (unpaired) electrons. The van der Waals surface area contributed by atoms with E-state index < -0.39 is 39.7 Å². The number of hydrogen-bond donors (Lipinski definition) is 3. The van der Waals surface area contributed by atoms with E-state index in [0.29, 0.717) is 5.75 Å². The van der Waals surface area contributed by atoms with E-state index in [9.17, 15) is 22.4 Å². The molecule has 1 saturated heterocycles. The molecule has 2 atom stereocenters. The molecule has 0 bridgehead atoms. The SMILES string of the molecule is O=C(O)[C@@H]1CCN(S(=O)(=O)CCCOc2ccc(F)cc2)[C@@H](C(=O)NO)C1. The number of carboxylic acid groups (broad SMARTS) is 1.